The Balaban J connectivity index is 2.36. The molecule has 1 heterocycles. The van der Waals surface area contributed by atoms with Gasteiger partial charge in [0.1, 0.15) is 0 Å². The molecule has 1 aliphatic heterocycles. The molecule has 3 nitrogen and oxygen atoms in total. The molecule has 3 unspecified atom stereocenters. The summed E-state index contributed by atoms with van der Waals surface area (Å²) in [6, 6.07) is 0. The van der Waals surface area contributed by atoms with Gasteiger partial charge in [0.2, 0.25) is 0 Å². The van der Waals surface area contributed by atoms with Crippen molar-refractivity contribution in [3.63, 3.8) is 0 Å². The Morgan fingerprint density at radius 3 is 2.60 bits per heavy atom. The lowest BCUT2D eigenvalue weighted by atomic mass is 9.97. The fourth-order valence-electron chi connectivity index (χ4n) is 1.25. The van der Waals surface area contributed by atoms with Crippen LogP contribution in [-0.4, -0.2) is 22.8 Å². The summed E-state index contributed by atoms with van der Waals surface area (Å²) >= 11 is 0. The lowest BCUT2D eigenvalue weighted by molar-refractivity contribution is -0.254. The molecule has 0 amide bonds. The Hall–Kier alpha value is -0.120. The van der Waals surface area contributed by atoms with Crippen LogP contribution in [0.2, 0.25) is 0 Å². The van der Waals surface area contributed by atoms with Gasteiger partial charge >= 0.3 is 0 Å². The van der Waals surface area contributed by atoms with Crippen LogP contribution in [0.1, 0.15) is 26.2 Å². The van der Waals surface area contributed by atoms with E-state index in [0.29, 0.717) is 6.42 Å². The van der Waals surface area contributed by atoms with Crippen LogP contribution in [-0.2, 0) is 4.74 Å². The molecular formula is C7H14O3. The van der Waals surface area contributed by atoms with E-state index in [-0.39, 0.29) is 5.92 Å². The zero-order valence-electron chi connectivity index (χ0n) is 6.16. The van der Waals surface area contributed by atoms with Gasteiger partial charge in [-0.3, -0.25) is 0 Å². The van der Waals surface area contributed by atoms with Crippen LogP contribution >= 0.6 is 0 Å². The number of hydrogen-bond donors (Lipinski definition) is 2. The normalized spacial score (nSPS) is 41.7. The summed E-state index contributed by atoms with van der Waals surface area (Å²) in [5, 5.41) is 18.1. The van der Waals surface area contributed by atoms with E-state index in [1.54, 1.807) is 0 Å². The van der Waals surface area contributed by atoms with E-state index in [0.717, 1.165) is 12.8 Å². The van der Waals surface area contributed by atoms with Gasteiger partial charge in [-0.2, -0.15) is 0 Å². The van der Waals surface area contributed by atoms with Gasteiger partial charge in [-0.25, -0.2) is 0 Å². The molecule has 0 saturated carbocycles. The number of aliphatic hydroxyl groups excluding tert-OH is 2. The van der Waals surface area contributed by atoms with Gasteiger partial charge in [0.25, 0.3) is 0 Å². The average Bonchev–Trinajstić information content (AvgIpc) is 1.88. The summed E-state index contributed by atoms with van der Waals surface area (Å²) in [5.74, 6) is 0.211. The van der Waals surface area contributed by atoms with E-state index < -0.39 is 12.6 Å². The van der Waals surface area contributed by atoms with Gasteiger partial charge in [-0.15, -0.1) is 0 Å². The molecule has 10 heavy (non-hydrogen) atoms. The van der Waals surface area contributed by atoms with Crippen molar-refractivity contribution in [1.82, 2.24) is 0 Å². The lowest BCUT2D eigenvalue weighted by Crippen LogP contribution is -2.34. The van der Waals surface area contributed by atoms with Crippen LogP contribution in [0.3, 0.4) is 0 Å². The Morgan fingerprint density at radius 1 is 1.40 bits per heavy atom. The Labute approximate surface area is 60.6 Å². The fourth-order valence-corrected chi connectivity index (χ4v) is 1.25. The third-order valence-corrected chi connectivity index (χ3v) is 2.01. The topological polar surface area (TPSA) is 49.7 Å². The van der Waals surface area contributed by atoms with Crippen LogP contribution in [0, 0.1) is 5.92 Å². The van der Waals surface area contributed by atoms with E-state index in [2.05, 4.69) is 0 Å². The minimum Gasteiger partial charge on any atom is -0.368 e. The second kappa shape index (κ2) is 3.32. The van der Waals surface area contributed by atoms with Crippen molar-refractivity contribution in [2.24, 2.45) is 5.92 Å². The lowest BCUT2D eigenvalue weighted by Gasteiger charge is -2.29. The monoisotopic (exact) mass is 146 g/mol. The predicted molar refractivity (Wildman–Crippen MR) is 36.1 cm³/mol. The Bertz CT molecular complexity index is 105. The molecule has 3 atom stereocenters. The summed E-state index contributed by atoms with van der Waals surface area (Å²) in [6.07, 6.45) is 0.911. The maximum Gasteiger partial charge on any atom is 0.160 e. The summed E-state index contributed by atoms with van der Waals surface area (Å²) in [7, 11) is 0. The standard InChI is InChI=1S/C7H14O3/c1-2-5-3-4-6(8)10-7(5)9/h5-9H,2-4H2,1H3. The van der Waals surface area contributed by atoms with Crippen LogP contribution in [0.4, 0.5) is 0 Å². The zero-order valence-corrected chi connectivity index (χ0v) is 6.16. The molecule has 2 N–H and O–H groups in total. The molecular weight excluding hydrogens is 132 g/mol. The first kappa shape index (κ1) is 7.98. The molecule has 0 aromatic rings. The molecule has 1 rings (SSSR count). The molecule has 0 radical (unpaired) electrons. The molecule has 0 aromatic heterocycles. The highest BCUT2D eigenvalue weighted by Gasteiger charge is 2.26. The van der Waals surface area contributed by atoms with Gasteiger partial charge in [-0.1, -0.05) is 6.92 Å². The van der Waals surface area contributed by atoms with Crippen molar-refractivity contribution in [3.05, 3.63) is 0 Å². The number of ether oxygens (including phenoxy) is 1. The first-order valence-electron chi connectivity index (χ1n) is 3.75. The first-order chi connectivity index (χ1) is 4.74. The minimum atomic E-state index is -0.756. The summed E-state index contributed by atoms with van der Waals surface area (Å²) in [4.78, 5) is 0. The third kappa shape index (κ3) is 1.68. The highest BCUT2D eigenvalue weighted by atomic mass is 16.7. The molecule has 1 saturated heterocycles. The maximum atomic E-state index is 9.16. The van der Waals surface area contributed by atoms with E-state index in [1.807, 2.05) is 6.92 Å². The van der Waals surface area contributed by atoms with Crippen LogP contribution < -0.4 is 0 Å². The van der Waals surface area contributed by atoms with Crippen molar-refractivity contribution in [2.75, 3.05) is 0 Å². The van der Waals surface area contributed by atoms with Crippen molar-refractivity contribution in [2.45, 2.75) is 38.8 Å². The summed E-state index contributed by atoms with van der Waals surface area (Å²) in [5.41, 5.74) is 0. The van der Waals surface area contributed by atoms with Gasteiger partial charge in [0, 0.05) is 5.92 Å². The second-order valence-corrected chi connectivity index (χ2v) is 2.73. The molecule has 60 valence electrons. The van der Waals surface area contributed by atoms with E-state index in [9.17, 15) is 0 Å². The second-order valence-electron chi connectivity index (χ2n) is 2.73. The molecule has 3 heteroatoms. The van der Waals surface area contributed by atoms with Crippen molar-refractivity contribution >= 4 is 0 Å². The number of hydrogen-bond acceptors (Lipinski definition) is 3. The van der Waals surface area contributed by atoms with Crippen molar-refractivity contribution < 1.29 is 14.9 Å². The van der Waals surface area contributed by atoms with Gasteiger partial charge in [-0.05, 0) is 19.3 Å². The van der Waals surface area contributed by atoms with Gasteiger partial charge in [0.05, 0.1) is 0 Å². The van der Waals surface area contributed by atoms with Crippen LogP contribution in [0.25, 0.3) is 0 Å². The smallest absolute Gasteiger partial charge is 0.160 e. The Kier molecular flexibility index (Phi) is 2.65. The molecule has 0 bridgehead atoms. The van der Waals surface area contributed by atoms with E-state index in [4.69, 9.17) is 14.9 Å². The minimum absolute atomic E-state index is 0.211. The van der Waals surface area contributed by atoms with Crippen LogP contribution in [0.5, 0.6) is 0 Å². The SMILES string of the molecule is CCC1CCC(O)OC1O. The summed E-state index contributed by atoms with van der Waals surface area (Å²) < 4.78 is 4.80. The quantitative estimate of drug-likeness (QED) is 0.565. The summed E-state index contributed by atoms with van der Waals surface area (Å²) in [6.45, 7) is 2.01. The highest BCUT2D eigenvalue weighted by Crippen LogP contribution is 2.24. The fraction of sp³-hybridized carbons (Fsp3) is 1.00. The van der Waals surface area contributed by atoms with Gasteiger partial charge < -0.3 is 14.9 Å². The molecule has 0 aliphatic carbocycles. The number of rotatable bonds is 1. The van der Waals surface area contributed by atoms with Gasteiger partial charge in [0.15, 0.2) is 12.6 Å². The van der Waals surface area contributed by atoms with Crippen LogP contribution in [0.15, 0.2) is 0 Å². The zero-order chi connectivity index (χ0) is 7.56. The van der Waals surface area contributed by atoms with E-state index in [1.165, 1.54) is 0 Å². The average molecular weight is 146 g/mol. The largest absolute Gasteiger partial charge is 0.368 e. The molecule has 0 spiro atoms. The van der Waals surface area contributed by atoms with E-state index >= 15 is 0 Å². The van der Waals surface area contributed by atoms with Crippen molar-refractivity contribution in [3.8, 4) is 0 Å². The molecule has 1 fully saturated rings. The predicted octanol–water partition coefficient (Wildman–Crippen LogP) is 0.460. The maximum absolute atomic E-state index is 9.16. The Morgan fingerprint density at radius 2 is 2.10 bits per heavy atom. The number of aliphatic hydroxyl groups is 2. The highest BCUT2D eigenvalue weighted by molar-refractivity contribution is 4.66. The van der Waals surface area contributed by atoms with Crippen molar-refractivity contribution in [1.29, 1.82) is 0 Å². The molecule has 1 aliphatic rings. The molecule has 0 aromatic carbocycles. The third-order valence-electron chi connectivity index (χ3n) is 2.01. The first-order valence-corrected chi connectivity index (χ1v) is 3.75.